The van der Waals surface area contributed by atoms with Crippen LogP contribution in [-0.2, 0) is 16.0 Å². The van der Waals surface area contributed by atoms with Gasteiger partial charge in [-0.05, 0) is 97.6 Å². The molecule has 44 heavy (non-hydrogen) atoms. The van der Waals surface area contributed by atoms with E-state index >= 15 is 0 Å². The van der Waals surface area contributed by atoms with Crippen LogP contribution in [0.4, 0.5) is 4.39 Å². The van der Waals surface area contributed by atoms with Crippen molar-refractivity contribution in [3.8, 4) is 11.8 Å². The molecule has 3 aromatic rings. The quantitative estimate of drug-likeness (QED) is 0.368. The zero-order valence-corrected chi connectivity index (χ0v) is 25.3. The van der Waals surface area contributed by atoms with Crippen LogP contribution in [0.3, 0.4) is 0 Å². The van der Waals surface area contributed by atoms with E-state index < -0.39 is 23.1 Å². The first-order chi connectivity index (χ1) is 21.1. The first-order valence-corrected chi connectivity index (χ1v) is 16.0. The van der Waals surface area contributed by atoms with Gasteiger partial charge in [-0.3, -0.25) is 4.79 Å². The summed E-state index contributed by atoms with van der Waals surface area (Å²) in [5.41, 5.74) is 1.42. The highest BCUT2D eigenvalue weighted by molar-refractivity contribution is 8.14. The second kappa shape index (κ2) is 10.4. The number of esters is 1. The Kier molecular flexibility index (Phi) is 6.86. The minimum absolute atomic E-state index is 0.0226. The van der Waals surface area contributed by atoms with Crippen LogP contribution in [0.1, 0.15) is 67.7 Å². The number of thioether (sulfide) groups is 1. The van der Waals surface area contributed by atoms with E-state index in [0.29, 0.717) is 19.3 Å². The third-order valence-electron chi connectivity index (χ3n) is 11.1. The Hall–Kier alpha value is -3.75. The summed E-state index contributed by atoms with van der Waals surface area (Å²) in [6, 6.07) is 8.31. The smallest absolute Gasteiger partial charge is 0.361 e. The molecule has 228 valence electrons. The highest BCUT2D eigenvalue weighted by Crippen LogP contribution is 2.69. The Morgan fingerprint density at radius 1 is 1.27 bits per heavy atom. The largest absolute Gasteiger partial charge is 0.451 e. The molecule has 11 heteroatoms. The topological polar surface area (TPSA) is 131 Å². The predicted molar refractivity (Wildman–Crippen MR) is 159 cm³/mol. The molecule has 2 heterocycles. The van der Waals surface area contributed by atoms with Gasteiger partial charge in [-0.15, -0.1) is 0 Å². The summed E-state index contributed by atoms with van der Waals surface area (Å²) in [4.78, 5) is 31.1. The number of oxazole rings is 1. The second-order valence-electron chi connectivity index (χ2n) is 13.1. The Balaban J connectivity index is 1.23. The molecule has 1 N–H and O–H groups in total. The number of nitriles is 1. The second-order valence-corrected chi connectivity index (χ2v) is 14.0. The van der Waals surface area contributed by atoms with E-state index in [1.54, 1.807) is 12.1 Å². The number of hydrogen-bond acceptors (Lipinski definition) is 9. The van der Waals surface area contributed by atoms with Gasteiger partial charge in [0.1, 0.15) is 12.1 Å². The molecule has 3 fully saturated rings. The fourth-order valence-electron chi connectivity index (χ4n) is 9.24. The maximum Gasteiger partial charge on any atom is 0.361 e. The minimum atomic E-state index is -1.51. The summed E-state index contributed by atoms with van der Waals surface area (Å²) >= 11 is 0.866. The Morgan fingerprint density at radius 2 is 2.07 bits per heavy atom. The zero-order chi connectivity index (χ0) is 30.9. The van der Waals surface area contributed by atoms with Crippen molar-refractivity contribution in [2.75, 3.05) is 5.75 Å². The zero-order valence-electron chi connectivity index (χ0n) is 24.5. The number of aromatic nitrogens is 3. The van der Waals surface area contributed by atoms with E-state index in [1.165, 1.54) is 24.0 Å². The summed E-state index contributed by atoms with van der Waals surface area (Å²) in [6.45, 7) is 4.21. The summed E-state index contributed by atoms with van der Waals surface area (Å²) < 4.78 is 26.6. The van der Waals surface area contributed by atoms with Gasteiger partial charge in [0.25, 0.3) is 0 Å². The number of hydrogen-bond donors (Lipinski definition) is 1. The third kappa shape index (κ3) is 4.14. The number of ether oxygens (including phenoxy) is 1. The highest BCUT2D eigenvalue weighted by Gasteiger charge is 2.70. The minimum Gasteiger partial charge on any atom is -0.451 e. The molecule has 1 aromatic carbocycles. The molecule has 0 radical (unpaired) electrons. The van der Waals surface area contributed by atoms with E-state index in [2.05, 4.69) is 23.1 Å². The number of allylic oxidation sites excluding steroid dienone is 1. The van der Waals surface area contributed by atoms with E-state index in [0.717, 1.165) is 47.9 Å². The van der Waals surface area contributed by atoms with Gasteiger partial charge in [0.05, 0.1) is 35.5 Å². The number of rotatable bonds is 5. The molecule has 2 aromatic heterocycles. The molecule has 0 aliphatic heterocycles. The first-order valence-electron chi connectivity index (χ1n) is 15.0. The molecule has 0 spiro atoms. The number of fused-ring (bicyclic) bond motifs is 6. The summed E-state index contributed by atoms with van der Waals surface area (Å²) in [5, 5.41) is 25.6. The molecule has 7 atom stereocenters. The molecule has 0 bridgehead atoms. The number of carbonyl (C=O) groups excluding carboxylic acids is 2. The number of aliphatic hydroxyl groups is 1. The standard InChI is InChI=1S/C33H33FN4O5S/c1-31-14-19-16-37-38(22-6-4-21(34)5-7-22)26(19)13-20(31)3-8-23-24-9-10-33(30(41)44-12-11-35,32(24,2)15-27(39)28(23)31)43-29(40)25-17-42-18-36-25/h4-7,13,16-18,23-24,27-28,39H,3,8-10,12,14-15H2,1-2H3/t23-,24-,27-,28+,31-,32-,33-/m0/s1. The van der Waals surface area contributed by atoms with E-state index in [9.17, 15) is 24.3 Å². The van der Waals surface area contributed by atoms with Crippen LogP contribution in [0.15, 0.2) is 53.1 Å². The highest BCUT2D eigenvalue weighted by atomic mass is 32.2. The van der Waals surface area contributed by atoms with Crippen LogP contribution in [0.25, 0.3) is 11.8 Å². The number of nitrogens with zero attached hydrogens (tertiary/aromatic N) is 4. The van der Waals surface area contributed by atoms with Crippen LogP contribution in [0, 0.1) is 45.7 Å². The van der Waals surface area contributed by atoms with Crippen molar-refractivity contribution in [3.05, 3.63) is 71.5 Å². The molecular weight excluding hydrogens is 583 g/mol. The average Bonchev–Trinajstić information content (AvgIpc) is 3.73. The number of halogens is 1. The van der Waals surface area contributed by atoms with Crippen molar-refractivity contribution >= 4 is 28.9 Å². The van der Waals surface area contributed by atoms with Crippen LogP contribution >= 0.6 is 11.8 Å². The van der Waals surface area contributed by atoms with Crippen LogP contribution in [-0.4, -0.2) is 48.4 Å². The number of carbonyl (C=O) groups is 2. The van der Waals surface area contributed by atoms with E-state index in [-0.39, 0.29) is 52.0 Å². The van der Waals surface area contributed by atoms with Crippen molar-refractivity contribution < 1.29 is 28.2 Å². The van der Waals surface area contributed by atoms with Crippen molar-refractivity contribution in [3.63, 3.8) is 0 Å². The van der Waals surface area contributed by atoms with Gasteiger partial charge in [0.2, 0.25) is 5.12 Å². The Bertz CT molecular complexity index is 1700. The van der Waals surface area contributed by atoms with Gasteiger partial charge >= 0.3 is 5.97 Å². The Morgan fingerprint density at radius 3 is 2.80 bits per heavy atom. The van der Waals surface area contributed by atoms with Gasteiger partial charge in [-0.1, -0.05) is 31.2 Å². The fourth-order valence-corrected chi connectivity index (χ4v) is 10.0. The first kappa shape index (κ1) is 29.0. The maximum absolute atomic E-state index is 13.9. The SMILES string of the molecule is C[C@]12Cc3cnn(-c4ccc(F)cc4)c3C=C1CC[C@@H]1[C@@H]2[C@@H](O)C[C@@]2(C)[C@H]1CC[C@]2(OC(=O)c1cocn1)C(=O)SCC#N. The van der Waals surface area contributed by atoms with Crippen LogP contribution < -0.4 is 0 Å². The summed E-state index contributed by atoms with van der Waals surface area (Å²) in [7, 11) is 0. The summed E-state index contributed by atoms with van der Waals surface area (Å²) in [6.07, 6.45) is 9.28. The molecule has 0 amide bonds. The lowest BCUT2D eigenvalue weighted by molar-refractivity contribution is -0.174. The van der Waals surface area contributed by atoms with E-state index in [4.69, 9.17) is 9.15 Å². The van der Waals surface area contributed by atoms with Crippen LogP contribution in [0.5, 0.6) is 0 Å². The number of aliphatic hydroxyl groups excluding tert-OH is 1. The molecule has 0 saturated heterocycles. The lowest BCUT2D eigenvalue weighted by atomic mass is 9.45. The van der Waals surface area contributed by atoms with Crippen molar-refractivity contribution in [1.29, 1.82) is 5.26 Å². The van der Waals surface area contributed by atoms with Gasteiger partial charge in [0.15, 0.2) is 17.7 Å². The number of benzene rings is 1. The molecule has 9 nitrogen and oxygen atoms in total. The van der Waals surface area contributed by atoms with Gasteiger partial charge in [-0.25, -0.2) is 18.9 Å². The van der Waals surface area contributed by atoms with Crippen molar-refractivity contribution in [2.45, 2.75) is 64.1 Å². The molecular formula is C33H33FN4O5S. The van der Waals surface area contributed by atoms with Gasteiger partial charge in [0, 0.05) is 5.41 Å². The fraction of sp³-hybridized carbons (Fsp3) is 0.485. The normalized spacial score (nSPS) is 33.7. The monoisotopic (exact) mass is 616 g/mol. The summed E-state index contributed by atoms with van der Waals surface area (Å²) in [5.74, 6) is -1.05. The van der Waals surface area contributed by atoms with Gasteiger partial charge in [-0.2, -0.15) is 10.4 Å². The maximum atomic E-state index is 13.9. The lowest BCUT2D eigenvalue weighted by Gasteiger charge is -2.60. The Labute approximate surface area is 258 Å². The van der Waals surface area contributed by atoms with Crippen LogP contribution in [0.2, 0.25) is 0 Å². The molecule has 0 unspecified atom stereocenters. The molecule has 4 aliphatic rings. The molecule has 3 saturated carbocycles. The van der Waals surface area contributed by atoms with Crippen molar-refractivity contribution in [2.24, 2.45) is 28.6 Å². The predicted octanol–water partition coefficient (Wildman–Crippen LogP) is 5.53. The van der Waals surface area contributed by atoms with E-state index in [1.807, 2.05) is 23.9 Å². The van der Waals surface area contributed by atoms with Crippen molar-refractivity contribution in [1.82, 2.24) is 14.8 Å². The van der Waals surface area contributed by atoms with Gasteiger partial charge < -0.3 is 14.3 Å². The molecule has 4 aliphatic carbocycles. The third-order valence-corrected chi connectivity index (χ3v) is 12.0. The average molecular weight is 617 g/mol. The molecule has 7 rings (SSSR count). The lowest BCUT2D eigenvalue weighted by Crippen LogP contribution is -2.62.